The van der Waals surface area contributed by atoms with Crippen molar-refractivity contribution < 1.29 is 0 Å². The first-order chi connectivity index (χ1) is 13.6. The molecule has 0 saturated carbocycles. The van der Waals surface area contributed by atoms with Gasteiger partial charge in [-0.25, -0.2) is 4.98 Å². The summed E-state index contributed by atoms with van der Waals surface area (Å²) in [6.45, 7) is 7.88. The first kappa shape index (κ1) is 18.6. The highest BCUT2D eigenvalue weighted by Gasteiger charge is 2.25. The van der Waals surface area contributed by atoms with E-state index in [1.807, 2.05) is 12.3 Å². The Balaban J connectivity index is 1.77. The molecule has 142 valence electrons. The summed E-state index contributed by atoms with van der Waals surface area (Å²) in [5, 5.41) is 0.648. The van der Waals surface area contributed by atoms with E-state index >= 15 is 0 Å². The van der Waals surface area contributed by atoms with Gasteiger partial charge in [0.15, 0.2) is 5.13 Å². The maximum Gasteiger partial charge on any atom is 0.180 e. The number of hydrogen-bond acceptors (Lipinski definition) is 5. The number of rotatable bonds is 4. The van der Waals surface area contributed by atoms with Crippen molar-refractivity contribution in [2.45, 2.75) is 32.6 Å². The highest BCUT2D eigenvalue weighted by Crippen LogP contribution is 2.42. The van der Waals surface area contributed by atoms with Crippen molar-refractivity contribution >= 4 is 46.7 Å². The molecule has 0 saturated heterocycles. The number of anilines is 1. The number of aliphatic imine (C=N–C) groups is 2. The van der Waals surface area contributed by atoms with Crippen LogP contribution in [-0.2, 0) is 6.42 Å². The summed E-state index contributed by atoms with van der Waals surface area (Å²) >= 11 is 1.57. The molecule has 5 heteroatoms. The van der Waals surface area contributed by atoms with Crippen molar-refractivity contribution in [2.75, 3.05) is 5.73 Å². The van der Waals surface area contributed by atoms with E-state index in [-0.39, 0.29) is 5.92 Å². The Bertz CT molecular complexity index is 1040. The molecule has 2 unspecified atom stereocenters. The van der Waals surface area contributed by atoms with Gasteiger partial charge in [-0.15, -0.1) is 0 Å². The number of nitrogen functional groups attached to an aromatic ring is 1. The average Bonchev–Trinajstić information content (AvgIpc) is 3.06. The number of nitrogens with zero attached hydrogens (tertiary/aromatic N) is 3. The molecule has 0 spiro atoms. The summed E-state index contributed by atoms with van der Waals surface area (Å²) in [7, 11) is 0. The number of thiazole rings is 1. The van der Waals surface area contributed by atoms with Crippen LogP contribution in [0.3, 0.4) is 0 Å². The highest BCUT2D eigenvalue weighted by atomic mass is 32.1. The van der Waals surface area contributed by atoms with Gasteiger partial charge in [0.25, 0.3) is 0 Å². The number of hydrogen-bond donors (Lipinski definition) is 1. The van der Waals surface area contributed by atoms with E-state index in [2.05, 4.69) is 65.9 Å². The fourth-order valence-electron chi connectivity index (χ4n) is 4.07. The summed E-state index contributed by atoms with van der Waals surface area (Å²) in [5.41, 5.74) is 13.2. The normalized spacial score (nSPS) is 21.4. The SMILES string of the molecule is C=NC=CC(=CC)C1CC=Nc2ccc(C3=Cc4sc(N)nc4CC3C)cc21. The third-order valence-electron chi connectivity index (χ3n) is 5.48. The van der Waals surface area contributed by atoms with E-state index in [1.165, 1.54) is 27.2 Å². The van der Waals surface area contributed by atoms with Crippen LogP contribution in [0.4, 0.5) is 10.8 Å². The largest absolute Gasteiger partial charge is 0.375 e. The first-order valence-electron chi connectivity index (χ1n) is 9.53. The average molecular weight is 389 g/mol. The third kappa shape index (κ3) is 3.38. The Morgan fingerprint density at radius 2 is 2.25 bits per heavy atom. The van der Waals surface area contributed by atoms with Crippen molar-refractivity contribution in [1.82, 2.24) is 4.98 Å². The molecule has 2 aliphatic rings. The molecule has 0 bridgehead atoms. The maximum atomic E-state index is 5.92. The zero-order chi connectivity index (χ0) is 19.7. The van der Waals surface area contributed by atoms with Gasteiger partial charge >= 0.3 is 0 Å². The maximum absolute atomic E-state index is 5.92. The Hall–Kier alpha value is -2.79. The molecule has 4 nitrogen and oxygen atoms in total. The number of nitrogens with two attached hydrogens (primary N) is 1. The van der Waals surface area contributed by atoms with Crippen LogP contribution < -0.4 is 5.73 Å². The van der Waals surface area contributed by atoms with E-state index in [0.717, 1.165) is 24.2 Å². The third-order valence-corrected chi connectivity index (χ3v) is 6.35. The number of fused-ring (bicyclic) bond motifs is 2. The first-order valence-corrected chi connectivity index (χ1v) is 10.3. The van der Waals surface area contributed by atoms with Crippen molar-refractivity contribution in [3.8, 4) is 0 Å². The second-order valence-corrected chi connectivity index (χ2v) is 8.29. The van der Waals surface area contributed by atoms with Crippen molar-refractivity contribution in [1.29, 1.82) is 0 Å². The molecule has 4 rings (SSSR count). The minimum absolute atomic E-state index is 0.282. The zero-order valence-electron chi connectivity index (χ0n) is 16.2. The molecular weight excluding hydrogens is 364 g/mol. The topological polar surface area (TPSA) is 63.6 Å². The van der Waals surface area contributed by atoms with E-state index in [1.54, 1.807) is 17.5 Å². The van der Waals surface area contributed by atoms with Crippen LogP contribution in [0.1, 0.15) is 47.9 Å². The lowest BCUT2D eigenvalue weighted by Gasteiger charge is -2.25. The Kier molecular flexibility index (Phi) is 5.09. The fourth-order valence-corrected chi connectivity index (χ4v) is 4.89. The van der Waals surface area contributed by atoms with E-state index in [0.29, 0.717) is 11.0 Å². The summed E-state index contributed by atoms with van der Waals surface area (Å²) < 4.78 is 0. The van der Waals surface area contributed by atoms with Crippen molar-refractivity contribution in [3.05, 3.63) is 63.8 Å². The number of allylic oxidation sites excluding steroid dienone is 4. The van der Waals surface area contributed by atoms with Crippen molar-refractivity contribution in [3.63, 3.8) is 0 Å². The molecule has 0 amide bonds. The standard InChI is InChI=1S/C23H24N4S/c1-4-15(7-9-25-3)17-8-10-26-20-6-5-16(12-19(17)20)18-13-22-21(11-14(18)2)27-23(24)28-22/h4-7,9-10,12-14,17H,3,8,11H2,1-2H3,(H2,24,27). The molecule has 1 aromatic heterocycles. The molecular formula is C23H24N4S. The Morgan fingerprint density at radius 3 is 3.04 bits per heavy atom. The van der Waals surface area contributed by atoms with E-state index in [9.17, 15) is 0 Å². The van der Waals surface area contributed by atoms with Gasteiger partial charge in [-0.1, -0.05) is 30.4 Å². The molecule has 1 aliphatic heterocycles. The smallest absolute Gasteiger partial charge is 0.180 e. The summed E-state index contributed by atoms with van der Waals surface area (Å²) in [5.74, 6) is 0.688. The van der Waals surface area contributed by atoms with Gasteiger partial charge in [0.05, 0.1) is 16.3 Å². The highest BCUT2D eigenvalue weighted by molar-refractivity contribution is 7.16. The summed E-state index contributed by atoms with van der Waals surface area (Å²) in [6.07, 6.45) is 12.0. The molecule has 2 aromatic rings. The monoisotopic (exact) mass is 388 g/mol. The van der Waals surface area contributed by atoms with Gasteiger partial charge in [-0.05, 0) is 79.0 Å². The second-order valence-electron chi connectivity index (χ2n) is 7.23. The minimum Gasteiger partial charge on any atom is -0.375 e. The van der Waals surface area contributed by atoms with Gasteiger partial charge in [-0.3, -0.25) is 9.98 Å². The molecule has 1 aromatic carbocycles. The number of aromatic nitrogens is 1. The fraction of sp³-hybridized carbons (Fsp3) is 0.261. The zero-order valence-corrected chi connectivity index (χ0v) is 17.0. The van der Waals surface area contributed by atoms with Gasteiger partial charge < -0.3 is 5.73 Å². The van der Waals surface area contributed by atoms with Crippen LogP contribution in [0.5, 0.6) is 0 Å². The van der Waals surface area contributed by atoms with Crippen molar-refractivity contribution in [2.24, 2.45) is 15.9 Å². The lowest BCUT2D eigenvalue weighted by molar-refractivity contribution is 0.724. The van der Waals surface area contributed by atoms with Gasteiger partial charge in [0, 0.05) is 18.3 Å². The Morgan fingerprint density at radius 1 is 1.39 bits per heavy atom. The van der Waals surface area contributed by atoms with Crippen LogP contribution in [0.15, 0.2) is 52.1 Å². The molecule has 2 N–H and O–H groups in total. The lowest BCUT2D eigenvalue weighted by Crippen LogP contribution is -2.11. The molecule has 1 aliphatic carbocycles. The second kappa shape index (κ2) is 7.68. The van der Waals surface area contributed by atoms with Crippen LogP contribution in [0.2, 0.25) is 0 Å². The molecule has 28 heavy (non-hydrogen) atoms. The molecule has 2 atom stereocenters. The predicted molar refractivity (Wildman–Crippen MR) is 122 cm³/mol. The van der Waals surface area contributed by atoms with Crippen LogP contribution in [0, 0.1) is 5.92 Å². The number of benzene rings is 1. The predicted octanol–water partition coefficient (Wildman–Crippen LogP) is 5.81. The molecule has 0 fully saturated rings. The molecule has 0 radical (unpaired) electrons. The van der Waals surface area contributed by atoms with Gasteiger partial charge in [0.1, 0.15) is 0 Å². The van der Waals surface area contributed by atoms with Crippen LogP contribution >= 0.6 is 11.3 Å². The summed E-state index contributed by atoms with van der Waals surface area (Å²) in [4.78, 5) is 14.2. The van der Waals surface area contributed by atoms with E-state index < -0.39 is 0 Å². The van der Waals surface area contributed by atoms with E-state index in [4.69, 9.17) is 5.73 Å². The quantitative estimate of drug-likeness (QED) is 0.531. The lowest BCUT2D eigenvalue weighted by atomic mass is 9.81. The molecule has 2 heterocycles. The summed E-state index contributed by atoms with van der Waals surface area (Å²) in [6, 6.07) is 6.64. The minimum atomic E-state index is 0.282. The van der Waals surface area contributed by atoms with Crippen LogP contribution in [0.25, 0.3) is 11.6 Å². The van der Waals surface area contributed by atoms with Gasteiger partial charge in [-0.2, -0.15) is 0 Å². The van der Waals surface area contributed by atoms with Crippen LogP contribution in [-0.4, -0.2) is 17.9 Å². The Labute approximate surface area is 170 Å². The van der Waals surface area contributed by atoms with Gasteiger partial charge in [0.2, 0.25) is 0 Å².